The third-order valence-corrected chi connectivity index (χ3v) is 5.48. The molecular weight excluding hydrogens is 397 g/mol. The molecule has 0 unspecified atom stereocenters. The average Bonchev–Trinajstić information content (AvgIpc) is 2.89. The van der Waals surface area contributed by atoms with Crippen molar-refractivity contribution in [2.45, 2.75) is 19.3 Å². The van der Waals surface area contributed by atoms with E-state index in [2.05, 4.69) is 5.32 Å². The molecule has 5 nitrogen and oxygen atoms in total. The molecule has 1 N–H and O–H groups in total. The molecule has 2 aromatic carbocycles. The quantitative estimate of drug-likeness (QED) is 0.598. The molecule has 4 rings (SSSR count). The minimum Gasteiger partial charge on any atom is -0.493 e. The van der Waals surface area contributed by atoms with Crippen LogP contribution in [-0.2, 0) is 6.42 Å². The minimum atomic E-state index is 0.588. The maximum Gasteiger partial charge on any atom is 0.170 e. The Morgan fingerprint density at radius 2 is 1.93 bits per heavy atom. The Hall–Kier alpha value is -2.37. The third kappa shape index (κ3) is 3.29. The van der Waals surface area contributed by atoms with Crippen LogP contribution in [0, 0.1) is 0 Å². The molecule has 0 atom stereocenters. The number of para-hydroxylation sites is 1. The number of aromatic nitrogens is 2. The molecule has 1 aromatic heterocycles. The second-order valence-corrected chi connectivity index (χ2v) is 7.45. The highest BCUT2D eigenvalue weighted by Crippen LogP contribution is 2.42. The van der Waals surface area contributed by atoms with Gasteiger partial charge in [-0.3, -0.25) is 0 Å². The minimum absolute atomic E-state index is 0.588. The second kappa shape index (κ2) is 7.94. The summed E-state index contributed by atoms with van der Waals surface area (Å²) in [5.41, 5.74) is 3.63. The summed E-state index contributed by atoms with van der Waals surface area (Å²) >= 11 is 12.7. The summed E-state index contributed by atoms with van der Waals surface area (Å²) in [6.45, 7) is 0.881. The van der Waals surface area contributed by atoms with Gasteiger partial charge in [0.15, 0.2) is 11.5 Å². The SMILES string of the molecule is COc1cccc(-c2nn(-c3cc(Cl)ccc3Cl)c3c2CCCCN3)c1OC. The number of benzene rings is 2. The van der Waals surface area contributed by atoms with Crippen LogP contribution in [0.3, 0.4) is 0 Å². The molecule has 0 amide bonds. The maximum atomic E-state index is 6.48. The number of hydrogen-bond acceptors (Lipinski definition) is 4. The molecule has 0 aliphatic carbocycles. The van der Waals surface area contributed by atoms with Gasteiger partial charge in [0.05, 0.1) is 24.9 Å². The normalized spacial score (nSPS) is 13.4. The van der Waals surface area contributed by atoms with Crippen molar-refractivity contribution >= 4 is 29.0 Å². The highest BCUT2D eigenvalue weighted by Gasteiger charge is 2.25. The fraction of sp³-hybridized carbons (Fsp3) is 0.286. The Morgan fingerprint density at radius 3 is 2.71 bits per heavy atom. The molecule has 0 bridgehead atoms. The van der Waals surface area contributed by atoms with Gasteiger partial charge in [-0.15, -0.1) is 0 Å². The lowest BCUT2D eigenvalue weighted by molar-refractivity contribution is 0.356. The Labute approximate surface area is 174 Å². The fourth-order valence-corrected chi connectivity index (χ4v) is 3.98. The monoisotopic (exact) mass is 417 g/mol. The average molecular weight is 418 g/mol. The number of fused-ring (bicyclic) bond motifs is 1. The van der Waals surface area contributed by atoms with Crippen LogP contribution in [0.2, 0.25) is 10.0 Å². The number of ether oxygens (including phenoxy) is 2. The number of hydrogen-bond donors (Lipinski definition) is 1. The zero-order valence-electron chi connectivity index (χ0n) is 15.8. The first-order chi connectivity index (χ1) is 13.6. The summed E-state index contributed by atoms with van der Waals surface area (Å²) in [5, 5.41) is 9.65. The predicted molar refractivity (Wildman–Crippen MR) is 114 cm³/mol. The van der Waals surface area contributed by atoms with Crippen LogP contribution in [0.25, 0.3) is 16.9 Å². The predicted octanol–water partition coefficient (Wildman–Crippen LogP) is 5.61. The first-order valence-electron chi connectivity index (χ1n) is 9.16. The largest absolute Gasteiger partial charge is 0.493 e. The molecule has 7 heteroatoms. The van der Waals surface area contributed by atoms with Gasteiger partial charge in [0.25, 0.3) is 0 Å². The van der Waals surface area contributed by atoms with Gasteiger partial charge in [0.1, 0.15) is 11.5 Å². The smallest absolute Gasteiger partial charge is 0.170 e. The molecule has 2 heterocycles. The van der Waals surface area contributed by atoms with Crippen molar-refractivity contribution in [2.75, 3.05) is 26.1 Å². The van der Waals surface area contributed by atoms with E-state index in [9.17, 15) is 0 Å². The molecular formula is C21H21Cl2N3O2. The lowest BCUT2D eigenvalue weighted by Crippen LogP contribution is -2.07. The van der Waals surface area contributed by atoms with E-state index >= 15 is 0 Å². The molecule has 3 aromatic rings. The number of nitrogens with zero attached hydrogens (tertiary/aromatic N) is 2. The zero-order valence-corrected chi connectivity index (χ0v) is 17.3. The topological polar surface area (TPSA) is 48.3 Å². The number of rotatable bonds is 4. The van der Waals surface area contributed by atoms with Crippen LogP contribution in [0.15, 0.2) is 36.4 Å². The van der Waals surface area contributed by atoms with Gasteiger partial charge in [0.2, 0.25) is 0 Å². The van der Waals surface area contributed by atoms with E-state index in [1.807, 2.05) is 28.9 Å². The van der Waals surface area contributed by atoms with E-state index in [1.54, 1.807) is 26.4 Å². The van der Waals surface area contributed by atoms with Crippen molar-refractivity contribution in [1.29, 1.82) is 0 Å². The van der Waals surface area contributed by atoms with E-state index in [-0.39, 0.29) is 0 Å². The molecule has 0 saturated heterocycles. The van der Waals surface area contributed by atoms with E-state index < -0.39 is 0 Å². The summed E-state index contributed by atoms with van der Waals surface area (Å²) in [4.78, 5) is 0. The standard InChI is InChI=1S/C21H21Cl2N3O2/c1-27-18-8-5-7-14(20(18)28-2)19-15-6-3-4-11-24-21(15)26(25-19)17-12-13(22)9-10-16(17)23/h5,7-10,12,24H,3-4,6,11H2,1-2H3. The summed E-state index contributed by atoms with van der Waals surface area (Å²) in [6, 6.07) is 11.2. The van der Waals surface area contributed by atoms with E-state index in [0.29, 0.717) is 21.5 Å². The Bertz CT molecular complexity index is 1020. The molecule has 0 spiro atoms. The first kappa shape index (κ1) is 19.0. The zero-order chi connectivity index (χ0) is 19.7. The summed E-state index contributed by atoms with van der Waals surface area (Å²) in [5.74, 6) is 2.28. The van der Waals surface area contributed by atoms with Crippen molar-refractivity contribution in [3.8, 4) is 28.4 Å². The van der Waals surface area contributed by atoms with Gasteiger partial charge in [-0.05, 0) is 49.6 Å². The van der Waals surface area contributed by atoms with Gasteiger partial charge >= 0.3 is 0 Å². The fourth-order valence-electron chi connectivity index (χ4n) is 3.61. The lowest BCUT2D eigenvalue weighted by Gasteiger charge is -2.12. The molecule has 28 heavy (non-hydrogen) atoms. The van der Waals surface area contributed by atoms with E-state index in [4.69, 9.17) is 37.8 Å². The van der Waals surface area contributed by atoms with Crippen molar-refractivity contribution in [2.24, 2.45) is 0 Å². The van der Waals surface area contributed by atoms with Crippen LogP contribution < -0.4 is 14.8 Å². The third-order valence-electron chi connectivity index (χ3n) is 4.92. The van der Waals surface area contributed by atoms with Gasteiger partial charge in [-0.2, -0.15) is 5.10 Å². The Morgan fingerprint density at radius 1 is 1.07 bits per heavy atom. The highest BCUT2D eigenvalue weighted by atomic mass is 35.5. The van der Waals surface area contributed by atoms with Crippen LogP contribution in [0.5, 0.6) is 11.5 Å². The molecule has 1 aliphatic rings. The molecule has 0 fully saturated rings. The Balaban J connectivity index is 1.98. The second-order valence-electron chi connectivity index (χ2n) is 6.61. The molecule has 1 aliphatic heterocycles. The Kier molecular flexibility index (Phi) is 5.38. The maximum absolute atomic E-state index is 6.48. The number of halogens is 2. The van der Waals surface area contributed by atoms with Gasteiger partial charge in [-0.25, -0.2) is 4.68 Å². The van der Waals surface area contributed by atoms with Crippen molar-refractivity contribution in [3.63, 3.8) is 0 Å². The first-order valence-corrected chi connectivity index (χ1v) is 9.92. The number of nitrogens with one attached hydrogen (secondary N) is 1. The van der Waals surface area contributed by atoms with Gasteiger partial charge in [-0.1, -0.05) is 29.3 Å². The van der Waals surface area contributed by atoms with Gasteiger partial charge in [0, 0.05) is 22.7 Å². The van der Waals surface area contributed by atoms with Crippen molar-refractivity contribution < 1.29 is 9.47 Å². The summed E-state index contributed by atoms with van der Waals surface area (Å²) in [7, 11) is 3.27. The number of anilines is 1. The highest BCUT2D eigenvalue weighted by molar-refractivity contribution is 6.34. The molecule has 146 valence electrons. The summed E-state index contributed by atoms with van der Waals surface area (Å²) < 4.78 is 13.0. The van der Waals surface area contributed by atoms with Crippen LogP contribution >= 0.6 is 23.2 Å². The van der Waals surface area contributed by atoms with Crippen LogP contribution in [0.1, 0.15) is 18.4 Å². The molecule has 0 saturated carbocycles. The van der Waals surface area contributed by atoms with Crippen LogP contribution in [-0.4, -0.2) is 30.5 Å². The van der Waals surface area contributed by atoms with E-state index in [0.717, 1.165) is 54.1 Å². The number of methoxy groups -OCH3 is 2. The van der Waals surface area contributed by atoms with Crippen molar-refractivity contribution in [1.82, 2.24) is 9.78 Å². The van der Waals surface area contributed by atoms with Crippen LogP contribution in [0.4, 0.5) is 5.82 Å². The van der Waals surface area contributed by atoms with E-state index in [1.165, 1.54) is 0 Å². The summed E-state index contributed by atoms with van der Waals surface area (Å²) in [6.07, 6.45) is 3.08. The lowest BCUT2D eigenvalue weighted by atomic mass is 10.0. The molecule has 0 radical (unpaired) electrons. The van der Waals surface area contributed by atoms with Crippen molar-refractivity contribution in [3.05, 3.63) is 52.0 Å². The van der Waals surface area contributed by atoms with Gasteiger partial charge < -0.3 is 14.8 Å².